The first-order chi connectivity index (χ1) is 18.9. The first-order valence-corrected chi connectivity index (χ1v) is 13.2. The maximum absolute atomic E-state index is 13.7. The fraction of sp³-hybridized carbons (Fsp3) is 0.276. The molecule has 202 valence electrons. The highest BCUT2D eigenvalue weighted by Gasteiger charge is 2.44. The van der Waals surface area contributed by atoms with E-state index in [1.54, 1.807) is 72.7 Å². The van der Waals surface area contributed by atoms with E-state index < -0.39 is 12.0 Å². The van der Waals surface area contributed by atoms with Crippen LogP contribution in [0, 0.1) is 0 Å². The zero-order valence-electron chi connectivity index (χ0n) is 21.8. The van der Waals surface area contributed by atoms with Gasteiger partial charge in [-0.25, -0.2) is 4.79 Å². The van der Waals surface area contributed by atoms with Crippen LogP contribution in [-0.4, -0.2) is 58.6 Å². The molecular formula is C29H30N4O5S. The van der Waals surface area contributed by atoms with E-state index in [2.05, 4.69) is 10.3 Å². The Labute approximate surface area is 232 Å². The molecule has 0 saturated carbocycles. The van der Waals surface area contributed by atoms with Crippen molar-refractivity contribution in [2.75, 3.05) is 30.0 Å². The Bertz CT molecular complexity index is 1320. The molecule has 39 heavy (non-hydrogen) atoms. The van der Waals surface area contributed by atoms with E-state index in [0.717, 1.165) is 5.56 Å². The van der Waals surface area contributed by atoms with Gasteiger partial charge in [-0.3, -0.25) is 19.5 Å². The third-order valence-electron chi connectivity index (χ3n) is 6.17. The molecule has 0 unspecified atom stereocenters. The highest BCUT2D eigenvalue weighted by atomic mass is 32.1. The number of amides is 2. The molecule has 4 rings (SSSR count). The van der Waals surface area contributed by atoms with Crippen molar-refractivity contribution < 1.29 is 23.9 Å². The first kappa shape index (κ1) is 27.7. The van der Waals surface area contributed by atoms with Crippen molar-refractivity contribution in [2.45, 2.75) is 32.7 Å². The SMILES string of the molecule is CCOC(=O)c1ccc(N2C(=O)[C@@H](CC(=O)Nc3ccc(OCC)cc3)N(CCc3ccncc3)C2=S)cc1. The van der Waals surface area contributed by atoms with E-state index in [-0.39, 0.29) is 24.8 Å². The van der Waals surface area contributed by atoms with Crippen molar-refractivity contribution in [3.8, 4) is 5.75 Å². The molecule has 1 aliphatic rings. The summed E-state index contributed by atoms with van der Waals surface area (Å²) in [7, 11) is 0. The zero-order valence-corrected chi connectivity index (χ0v) is 22.6. The molecule has 3 aromatic rings. The third-order valence-corrected chi connectivity index (χ3v) is 6.59. The minimum Gasteiger partial charge on any atom is -0.494 e. The Kier molecular flexibility index (Phi) is 9.22. The summed E-state index contributed by atoms with van der Waals surface area (Å²) >= 11 is 5.74. The topological polar surface area (TPSA) is 101 Å². The number of nitrogens with zero attached hydrogens (tertiary/aromatic N) is 3. The summed E-state index contributed by atoms with van der Waals surface area (Å²) < 4.78 is 10.5. The highest BCUT2D eigenvalue weighted by Crippen LogP contribution is 2.28. The first-order valence-electron chi connectivity index (χ1n) is 12.7. The van der Waals surface area contributed by atoms with Crippen molar-refractivity contribution in [3.05, 3.63) is 84.2 Å². The van der Waals surface area contributed by atoms with Crippen molar-refractivity contribution >= 4 is 46.5 Å². The lowest BCUT2D eigenvalue weighted by Gasteiger charge is -2.24. The van der Waals surface area contributed by atoms with Crippen molar-refractivity contribution in [3.63, 3.8) is 0 Å². The number of aromatic nitrogens is 1. The maximum atomic E-state index is 13.7. The molecule has 1 N–H and O–H groups in total. The molecular weight excluding hydrogens is 516 g/mol. The normalized spacial score (nSPS) is 14.9. The molecule has 1 fully saturated rings. The summed E-state index contributed by atoms with van der Waals surface area (Å²) in [4.78, 5) is 46.0. The van der Waals surface area contributed by atoms with Gasteiger partial charge in [-0.05, 0) is 98.7 Å². The van der Waals surface area contributed by atoms with E-state index in [0.29, 0.717) is 47.4 Å². The molecule has 2 aromatic carbocycles. The van der Waals surface area contributed by atoms with Crippen LogP contribution >= 0.6 is 12.2 Å². The molecule has 1 atom stereocenters. The number of pyridine rings is 1. The number of hydrogen-bond donors (Lipinski definition) is 1. The Morgan fingerprint density at radius 1 is 0.974 bits per heavy atom. The second kappa shape index (κ2) is 13.0. The van der Waals surface area contributed by atoms with Crippen molar-refractivity contribution in [1.29, 1.82) is 0 Å². The Morgan fingerprint density at radius 3 is 2.31 bits per heavy atom. The monoisotopic (exact) mass is 546 g/mol. The molecule has 0 bridgehead atoms. The predicted molar refractivity (Wildman–Crippen MR) is 152 cm³/mol. The van der Waals surface area contributed by atoms with Crippen LogP contribution < -0.4 is 15.0 Å². The smallest absolute Gasteiger partial charge is 0.338 e. The molecule has 2 heterocycles. The minimum absolute atomic E-state index is 0.0834. The van der Waals surface area contributed by atoms with Crippen LogP contribution in [0.15, 0.2) is 73.1 Å². The lowest BCUT2D eigenvalue weighted by Crippen LogP contribution is -2.39. The number of carbonyl (C=O) groups is 3. The van der Waals surface area contributed by atoms with Gasteiger partial charge in [-0.15, -0.1) is 0 Å². The second-order valence-electron chi connectivity index (χ2n) is 8.75. The predicted octanol–water partition coefficient (Wildman–Crippen LogP) is 4.23. The standard InChI is InChI=1S/C29H30N4O5S/c1-3-37-24-11-7-22(8-12-24)31-26(34)19-25-27(35)33(23-9-5-21(6-10-23)28(36)38-4-2)29(39)32(25)18-15-20-13-16-30-17-14-20/h5-14,16-17,25H,3-4,15,18-19H2,1-2H3,(H,31,34)/t25-/m1/s1. The summed E-state index contributed by atoms with van der Waals surface area (Å²) in [6.07, 6.45) is 3.95. The highest BCUT2D eigenvalue weighted by molar-refractivity contribution is 7.80. The van der Waals surface area contributed by atoms with Gasteiger partial charge >= 0.3 is 5.97 Å². The van der Waals surface area contributed by atoms with Crippen LogP contribution in [0.5, 0.6) is 5.75 Å². The van der Waals surface area contributed by atoms with Gasteiger partial charge in [0.2, 0.25) is 5.91 Å². The van der Waals surface area contributed by atoms with Gasteiger partial charge < -0.3 is 19.7 Å². The Morgan fingerprint density at radius 2 is 1.67 bits per heavy atom. The number of thiocarbonyl (C=S) groups is 1. The maximum Gasteiger partial charge on any atom is 0.338 e. The van der Waals surface area contributed by atoms with Crippen LogP contribution in [0.2, 0.25) is 0 Å². The fourth-order valence-corrected chi connectivity index (χ4v) is 4.69. The number of nitrogens with one attached hydrogen (secondary N) is 1. The van der Waals surface area contributed by atoms with E-state index in [1.807, 2.05) is 19.1 Å². The molecule has 0 spiro atoms. The van der Waals surface area contributed by atoms with Crippen molar-refractivity contribution in [2.24, 2.45) is 0 Å². The average molecular weight is 547 g/mol. The third kappa shape index (κ3) is 6.77. The van der Waals surface area contributed by atoms with E-state index in [4.69, 9.17) is 21.7 Å². The molecule has 1 aliphatic heterocycles. The van der Waals surface area contributed by atoms with Crippen LogP contribution in [0.3, 0.4) is 0 Å². The van der Waals surface area contributed by atoms with Gasteiger partial charge in [0.1, 0.15) is 11.8 Å². The largest absolute Gasteiger partial charge is 0.494 e. The number of esters is 1. The Hall–Kier alpha value is -4.31. The molecule has 2 amide bonds. The molecule has 0 radical (unpaired) electrons. The lowest BCUT2D eigenvalue weighted by molar-refractivity contribution is -0.124. The van der Waals surface area contributed by atoms with E-state index in [9.17, 15) is 14.4 Å². The number of anilines is 2. The number of benzene rings is 2. The Balaban J connectivity index is 1.53. The molecule has 0 aliphatic carbocycles. The van der Waals surface area contributed by atoms with Gasteiger partial charge in [0, 0.05) is 24.6 Å². The van der Waals surface area contributed by atoms with Gasteiger partial charge in [0.15, 0.2) is 5.11 Å². The van der Waals surface area contributed by atoms with Gasteiger partial charge in [0.25, 0.3) is 5.91 Å². The van der Waals surface area contributed by atoms with Crippen LogP contribution in [0.1, 0.15) is 36.2 Å². The summed E-state index contributed by atoms with van der Waals surface area (Å²) in [5, 5.41) is 3.16. The second-order valence-corrected chi connectivity index (χ2v) is 9.11. The summed E-state index contributed by atoms with van der Waals surface area (Å²) in [5.41, 5.74) is 2.53. The van der Waals surface area contributed by atoms with Crippen molar-refractivity contribution in [1.82, 2.24) is 9.88 Å². The molecule has 9 nitrogen and oxygen atoms in total. The van der Waals surface area contributed by atoms with Gasteiger partial charge in [-0.1, -0.05) is 0 Å². The summed E-state index contributed by atoms with van der Waals surface area (Å²) in [6.45, 7) is 4.89. The average Bonchev–Trinajstić information content (AvgIpc) is 3.17. The number of ether oxygens (including phenoxy) is 2. The van der Waals surface area contributed by atoms with E-state index in [1.165, 1.54) is 4.90 Å². The minimum atomic E-state index is -0.785. The van der Waals surface area contributed by atoms with Crippen LogP contribution in [-0.2, 0) is 20.7 Å². The summed E-state index contributed by atoms with van der Waals surface area (Å²) in [5.74, 6) is -0.352. The number of hydrogen-bond acceptors (Lipinski definition) is 7. The number of carbonyl (C=O) groups excluding carboxylic acids is 3. The fourth-order valence-electron chi connectivity index (χ4n) is 4.27. The number of rotatable bonds is 11. The van der Waals surface area contributed by atoms with Crippen LogP contribution in [0.4, 0.5) is 11.4 Å². The summed E-state index contributed by atoms with van der Waals surface area (Å²) in [6, 6.07) is 16.6. The zero-order chi connectivity index (χ0) is 27.8. The molecule has 10 heteroatoms. The van der Waals surface area contributed by atoms with Gasteiger partial charge in [-0.2, -0.15) is 0 Å². The van der Waals surface area contributed by atoms with E-state index >= 15 is 0 Å². The lowest BCUT2D eigenvalue weighted by atomic mass is 10.1. The van der Waals surface area contributed by atoms with Gasteiger partial charge in [0.05, 0.1) is 30.9 Å². The molecule has 1 aromatic heterocycles. The van der Waals surface area contributed by atoms with Crippen LogP contribution in [0.25, 0.3) is 0 Å². The quantitative estimate of drug-likeness (QED) is 0.282. The molecule has 1 saturated heterocycles.